The summed E-state index contributed by atoms with van der Waals surface area (Å²) in [7, 11) is 1.59. The molecule has 0 saturated carbocycles. The molecule has 0 saturated heterocycles. The van der Waals surface area contributed by atoms with Gasteiger partial charge in [-0.15, -0.1) is 0 Å². The van der Waals surface area contributed by atoms with E-state index in [2.05, 4.69) is 20.3 Å². The van der Waals surface area contributed by atoms with Crippen LogP contribution in [0.25, 0.3) is 0 Å². The maximum absolute atomic E-state index is 5.91. The lowest BCUT2D eigenvalue weighted by Crippen LogP contribution is -2.05. The van der Waals surface area contributed by atoms with Gasteiger partial charge < -0.3 is 10.1 Å². The van der Waals surface area contributed by atoms with Gasteiger partial charge in [-0.05, 0) is 17.7 Å². The fourth-order valence-corrected chi connectivity index (χ4v) is 1.64. The first-order valence-electron chi connectivity index (χ1n) is 5.43. The average molecular weight is 265 g/mol. The van der Waals surface area contributed by atoms with E-state index in [0.29, 0.717) is 29.9 Å². The van der Waals surface area contributed by atoms with Crippen molar-refractivity contribution in [2.45, 2.75) is 13.2 Å². The first kappa shape index (κ1) is 12.7. The van der Waals surface area contributed by atoms with Crippen LogP contribution in [0.1, 0.15) is 11.4 Å². The van der Waals surface area contributed by atoms with Gasteiger partial charge in [0.05, 0.1) is 0 Å². The minimum absolute atomic E-state index is 0.338. The number of anilines is 1. The van der Waals surface area contributed by atoms with Gasteiger partial charge in [-0.3, -0.25) is 4.98 Å². The molecule has 0 fully saturated rings. The number of hydrogen-bond donors (Lipinski definition) is 1. The van der Waals surface area contributed by atoms with E-state index in [1.54, 1.807) is 25.6 Å². The number of methoxy groups -OCH3 is 1. The van der Waals surface area contributed by atoms with E-state index in [0.717, 1.165) is 5.56 Å². The predicted octanol–water partition coefficient (Wildman–Crippen LogP) is 2.28. The summed E-state index contributed by atoms with van der Waals surface area (Å²) in [6.45, 7) is 0.993. The summed E-state index contributed by atoms with van der Waals surface area (Å²) < 4.78 is 4.98. The molecule has 0 aliphatic rings. The molecule has 2 heterocycles. The Morgan fingerprint density at radius 1 is 1.28 bits per heavy atom. The summed E-state index contributed by atoms with van der Waals surface area (Å²) in [6, 6.07) is 5.56. The predicted molar refractivity (Wildman–Crippen MR) is 69.3 cm³/mol. The van der Waals surface area contributed by atoms with Gasteiger partial charge in [0.2, 0.25) is 0 Å². The second kappa shape index (κ2) is 6.28. The van der Waals surface area contributed by atoms with Crippen LogP contribution in [0, 0.1) is 0 Å². The fraction of sp³-hybridized carbons (Fsp3) is 0.250. The number of nitrogens with zero attached hydrogens (tertiary/aromatic N) is 3. The molecule has 0 aliphatic carbocycles. The van der Waals surface area contributed by atoms with Gasteiger partial charge >= 0.3 is 0 Å². The molecule has 2 aromatic rings. The van der Waals surface area contributed by atoms with Crippen LogP contribution in [0.15, 0.2) is 30.6 Å². The highest BCUT2D eigenvalue weighted by molar-refractivity contribution is 6.29. The van der Waals surface area contributed by atoms with Crippen LogP contribution in [0.3, 0.4) is 0 Å². The van der Waals surface area contributed by atoms with E-state index in [1.165, 1.54) is 0 Å². The lowest BCUT2D eigenvalue weighted by Gasteiger charge is -2.07. The first-order valence-corrected chi connectivity index (χ1v) is 5.81. The number of ether oxygens (including phenoxy) is 1. The summed E-state index contributed by atoms with van der Waals surface area (Å²) in [5.74, 6) is 1.24. The van der Waals surface area contributed by atoms with E-state index in [9.17, 15) is 0 Å². The number of pyridine rings is 1. The molecule has 18 heavy (non-hydrogen) atoms. The highest BCUT2D eigenvalue weighted by Gasteiger charge is 2.03. The normalized spacial score (nSPS) is 10.3. The highest BCUT2D eigenvalue weighted by atomic mass is 35.5. The number of hydrogen-bond acceptors (Lipinski definition) is 5. The molecule has 2 rings (SSSR count). The molecule has 0 bridgehead atoms. The quantitative estimate of drug-likeness (QED) is 0.840. The van der Waals surface area contributed by atoms with Crippen molar-refractivity contribution in [2.75, 3.05) is 12.4 Å². The summed E-state index contributed by atoms with van der Waals surface area (Å²) in [5.41, 5.74) is 1.12. The largest absolute Gasteiger partial charge is 0.377 e. The van der Waals surface area contributed by atoms with Crippen molar-refractivity contribution in [3.8, 4) is 0 Å². The van der Waals surface area contributed by atoms with Gasteiger partial charge in [-0.2, -0.15) is 0 Å². The molecule has 94 valence electrons. The lowest BCUT2D eigenvalue weighted by atomic mass is 10.3. The minimum atomic E-state index is 0.338. The Kier molecular flexibility index (Phi) is 4.44. The van der Waals surface area contributed by atoms with E-state index in [4.69, 9.17) is 16.3 Å². The number of rotatable bonds is 5. The number of aromatic nitrogens is 3. The van der Waals surface area contributed by atoms with Gasteiger partial charge in [0, 0.05) is 32.1 Å². The van der Waals surface area contributed by atoms with Gasteiger partial charge in [0.15, 0.2) is 5.82 Å². The van der Waals surface area contributed by atoms with Gasteiger partial charge in [-0.25, -0.2) is 9.97 Å². The average Bonchev–Trinajstić information content (AvgIpc) is 2.37. The maximum Gasteiger partial charge on any atom is 0.158 e. The molecule has 6 heteroatoms. The Morgan fingerprint density at radius 2 is 2.06 bits per heavy atom. The van der Waals surface area contributed by atoms with E-state index < -0.39 is 0 Å². The first-order chi connectivity index (χ1) is 8.78. The van der Waals surface area contributed by atoms with Crippen molar-refractivity contribution < 1.29 is 4.74 Å². The van der Waals surface area contributed by atoms with E-state index in [-0.39, 0.29) is 0 Å². The Labute approximate surface area is 110 Å². The maximum atomic E-state index is 5.91. The Bertz CT molecular complexity index is 507. The van der Waals surface area contributed by atoms with Crippen LogP contribution in [-0.2, 0) is 17.9 Å². The SMILES string of the molecule is COCc1nc(Cl)cc(NCc2ccncc2)n1. The highest BCUT2D eigenvalue weighted by Crippen LogP contribution is 2.13. The van der Waals surface area contributed by atoms with Crippen molar-refractivity contribution in [1.29, 1.82) is 0 Å². The summed E-state index contributed by atoms with van der Waals surface area (Å²) in [5, 5.41) is 3.58. The van der Waals surface area contributed by atoms with Crippen molar-refractivity contribution in [2.24, 2.45) is 0 Å². The van der Waals surface area contributed by atoms with Gasteiger partial charge in [0.25, 0.3) is 0 Å². The van der Waals surface area contributed by atoms with Gasteiger partial charge in [-0.1, -0.05) is 11.6 Å². The minimum Gasteiger partial charge on any atom is -0.377 e. The second-order valence-corrected chi connectivity index (χ2v) is 4.02. The summed E-state index contributed by atoms with van der Waals surface area (Å²) in [4.78, 5) is 12.3. The summed E-state index contributed by atoms with van der Waals surface area (Å²) in [6.07, 6.45) is 3.50. The zero-order valence-electron chi connectivity index (χ0n) is 9.93. The standard InChI is InChI=1S/C12H13ClN4O/c1-18-8-12-16-10(13)6-11(17-12)15-7-9-2-4-14-5-3-9/h2-6H,7-8H2,1H3,(H,15,16,17). The number of halogens is 1. The van der Waals surface area contributed by atoms with Crippen LogP contribution >= 0.6 is 11.6 Å². The topological polar surface area (TPSA) is 59.9 Å². The van der Waals surface area contributed by atoms with Crippen LogP contribution < -0.4 is 5.32 Å². The molecule has 1 N–H and O–H groups in total. The third-order valence-corrected chi connectivity index (χ3v) is 2.43. The van der Waals surface area contributed by atoms with Crippen LogP contribution in [0.4, 0.5) is 5.82 Å². The molecule has 0 atom stereocenters. The molecular formula is C12H13ClN4O. The molecule has 0 aromatic carbocycles. The zero-order chi connectivity index (χ0) is 12.8. The fourth-order valence-electron chi connectivity index (χ4n) is 1.44. The Hall–Kier alpha value is -1.72. The Morgan fingerprint density at radius 3 is 2.78 bits per heavy atom. The molecule has 0 spiro atoms. The van der Waals surface area contributed by atoms with Crippen LogP contribution in [0.2, 0.25) is 5.15 Å². The van der Waals surface area contributed by atoms with Crippen LogP contribution in [-0.4, -0.2) is 22.1 Å². The van der Waals surface area contributed by atoms with Crippen molar-refractivity contribution in [3.05, 3.63) is 47.1 Å². The lowest BCUT2D eigenvalue weighted by molar-refractivity contribution is 0.178. The third-order valence-electron chi connectivity index (χ3n) is 2.24. The van der Waals surface area contributed by atoms with Crippen molar-refractivity contribution in [3.63, 3.8) is 0 Å². The smallest absolute Gasteiger partial charge is 0.158 e. The number of nitrogens with one attached hydrogen (secondary N) is 1. The molecule has 2 aromatic heterocycles. The molecule has 0 amide bonds. The van der Waals surface area contributed by atoms with Gasteiger partial charge in [0.1, 0.15) is 17.6 Å². The molecule has 5 nitrogen and oxygen atoms in total. The monoisotopic (exact) mass is 264 g/mol. The summed E-state index contributed by atoms with van der Waals surface area (Å²) >= 11 is 5.91. The van der Waals surface area contributed by atoms with Crippen LogP contribution in [0.5, 0.6) is 0 Å². The van der Waals surface area contributed by atoms with Crippen molar-refractivity contribution in [1.82, 2.24) is 15.0 Å². The van der Waals surface area contributed by atoms with E-state index in [1.807, 2.05) is 12.1 Å². The molecule has 0 radical (unpaired) electrons. The zero-order valence-corrected chi connectivity index (χ0v) is 10.7. The van der Waals surface area contributed by atoms with E-state index >= 15 is 0 Å². The second-order valence-electron chi connectivity index (χ2n) is 3.63. The molecule has 0 aliphatic heterocycles. The third kappa shape index (κ3) is 3.65. The molecule has 0 unspecified atom stereocenters. The molecular weight excluding hydrogens is 252 g/mol. The van der Waals surface area contributed by atoms with Crippen molar-refractivity contribution >= 4 is 17.4 Å². The Balaban J connectivity index is 2.05.